The number of carbonyl (C=O) groups excluding carboxylic acids is 1. The third kappa shape index (κ3) is 3.88. The Morgan fingerprint density at radius 3 is 2.63 bits per heavy atom. The first kappa shape index (κ1) is 15.3. The second-order valence-electron chi connectivity index (χ2n) is 3.69. The molecule has 2 N–H and O–H groups in total. The van der Waals surface area contributed by atoms with E-state index < -0.39 is 22.8 Å². The molecule has 0 fully saturated rings. The van der Waals surface area contributed by atoms with Crippen molar-refractivity contribution in [3.63, 3.8) is 0 Å². The van der Waals surface area contributed by atoms with E-state index in [0.29, 0.717) is 3.57 Å². The Bertz CT molecular complexity index is 532. The number of benzene rings is 1. The molecule has 0 aliphatic carbocycles. The highest BCUT2D eigenvalue weighted by molar-refractivity contribution is 14.1. The maximum atomic E-state index is 11.9. The molecule has 7 nitrogen and oxygen atoms in total. The standard InChI is InChI=1S/C11H11IN2O5/c1-2-9(11(16)17)13-10(15)7-5-6(14(18)19)3-4-8(7)12/h3-5,9H,2H2,1H3,(H,13,15)(H,16,17)/t9-/m1/s1. The monoisotopic (exact) mass is 378 g/mol. The van der Waals surface area contributed by atoms with Crippen LogP contribution in [0.5, 0.6) is 0 Å². The summed E-state index contributed by atoms with van der Waals surface area (Å²) in [5, 5.41) is 21.8. The summed E-state index contributed by atoms with van der Waals surface area (Å²) in [5.41, 5.74) is -0.122. The van der Waals surface area contributed by atoms with Gasteiger partial charge in [-0.15, -0.1) is 0 Å². The fraction of sp³-hybridized carbons (Fsp3) is 0.273. The number of amides is 1. The van der Waals surface area contributed by atoms with Gasteiger partial charge in [0.2, 0.25) is 0 Å². The number of carbonyl (C=O) groups is 2. The fourth-order valence-electron chi connectivity index (χ4n) is 1.38. The van der Waals surface area contributed by atoms with Crippen LogP contribution in [-0.4, -0.2) is 27.9 Å². The van der Waals surface area contributed by atoms with E-state index >= 15 is 0 Å². The minimum atomic E-state index is -1.14. The highest BCUT2D eigenvalue weighted by Crippen LogP contribution is 2.19. The largest absolute Gasteiger partial charge is 0.480 e. The molecule has 0 aliphatic heterocycles. The van der Waals surface area contributed by atoms with Gasteiger partial charge in [-0.3, -0.25) is 14.9 Å². The van der Waals surface area contributed by atoms with Crippen LogP contribution in [0.15, 0.2) is 18.2 Å². The quantitative estimate of drug-likeness (QED) is 0.461. The molecule has 1 aromatic carbocycles. The van der Waals surface area contributed by atoms with Gasteiger partial charge in [0.25, 0.3) is 11.6 Å². The summed E-state index contributed by atoms with van der Waals surface area (Å²) in [7, 11) is 0. The molecule has 8 heteroatoms. The Morgan fingerprint density at radius 1 is 1.53 bits per heavy atom. The zero-order valence-electron chi connectivity index (χ0n) is 9.92. The van der Waals surface area contributed by atoms with Crippen LogP contribution in [0.25, 0.3) is 0 Å². The van der Waals surface area contributed by atoms with Gasteiger partial charge >= 0.3 is 5.97 Å². The van der Waals surface area contributed by atoms with Crippen LogP contribution in [0.3, 0.4) is 0 Å². The van der Waals surface area contributed by atoms with Crippen molar-refractivity contribution in [2.45, 2.75) is 19.4 Å². The molecule has 0 saturated carbocycles. The lowest BCUT2D eigenvalue weighted by atomic mass is 10.1. The van der Waals surface area contributed by atoms with Gasteiger partial charge in [-0.2, -0.15) is 0 Å². The number of rotatable bonds is 5. The van der Waals surface area contributed by atoms with Crippen molar-refractivity contribution in [1.29, 1.82) is 0 Å². The van der Waals surface area contributed by atoms with Crippen molar-refractivity contribution < 1.29 is 19.6 Å². The van der Waals surface area contributed by atoms with Crippen molar-refractivity contribution >= 4 is 40.2 Å². The fourth-order valence-corrected chi connectivity index (χ4v) is 1.96. The first-order valence-corrected chi connectivity index (χ1v) is 6.42. The van der Waals surface area contributed by atoms with Gasteiger partial charge in [-0.25, -0.2) is 4.79 Å². The number of non-ortho nitro benzene ring substituents is 1. The van der Waals surface area contributed by atoms with Crippen molar-refractivity contribution in [2.75, 3.05) is 0 Å². The average molecular weight is 378 g/mol. The highest BCUT2D eigenvalue weighted by Gasteiger charge is 2.21. The Labute approximate surface area is 122 Å². The maximum Gasteiger partial charge on any atom is 0.326 e. The topological polar surface area (TPSA) is 110 Å². The Balaban J connectivity index is 3.02. The molecule has 1 amide bonds. The van der Waals surface area contributed by atoms with Gasteiger partial charge in [0, 0.05) is 15.7 Å². The van der Waals surface area contributed by atoms with Crippen LogP contribution < -0.4 is 5.32 Å². The van der Waals surface area contributed by atoms with E-state index in [4.69, 9.17) is 5.11 Å². The predicted octanol–water partition coefficient (Wildman–Crippen LogP) is 1.79. The van der Waals surface area contributed by atoms with Gasteiger partial charge in [-0.1, -0.05) is 6.92 Å². The molecule has 1 atom stereocenters. The minimum Gasteiger partial charge on any atom is -0.480 e. The van der Waals surface area contributed by atoms with E-state index in [0.717, 1.165) is 6.07 Å². The van der Waals surface area contributed by atoms with Crippen LogP contribution >= 0.6 is 22.6 Å². The lowest BCUT2D eigenvalue weighted by Gasteiger charge is -2.12. The summed E-state index contributed by atoms with van der Waals surface area (Å²) < 4.78 is 0.515. The minimum absolute atomic E-state index is 0.0921. The second-order valence-corrected chi connectivity index (χ2v) is 4.86. The van der Waals surface area contributed by atoms with Crippen LogP contribution in [0.4, 0.5) is 5.69 Å². The molecule has 0 heterocycles. The molecule has 0 spiro atoms. The Morgan fingerprint density at radius 2 is 2.16 bits per heavy atom. The number of nitro benzene ring substituents is 1. The average Bonchev–Trinajstić information content (AvgIpc) is 2.35. The molecular weight excluding hydrogens is 367 g/mol. The predicted molar refractivity (Wildman–Crippen MR) is 75.0 cm³/mol. The van der Waals surface area contributed by atoms with E-state index in [1.807, 2.05) is 22.6 Å². The maximum absolute atomic E-state index is 11.9. The van der Waals surface area contributed by atoms with E-state index in [2.05, 4.69) is 5.32 Å². The van der Waals surface area contributed by atoms with Gasteiger partial charge in [0.05, 0.1) is 10.5 Å². The number of nitrogens with one attached hydrogen (secondary N) is 1. The summed E-state index contributed by atoms with van der Waals surface area (Å²) >= 11 is 1.86. The van der Waals surface area contributed by atoms with Crippen LogP contribution in [0, 0.1) is 13.7 Å². The lowest BCUT2D eigenvalue weighted by Crippen LogP contribution is -2.40. The van der Waals surface area contributed by atoms with E-state index in [-0.39, 0.29) is 17.7 Å². The molecule has 0 bridgehead atoms. The molecule has 19 heavy (non-hydrogen) atoms. The highest BCUT2D eigenvalue weighted by atomic mass is 127. The summed E-state index contributed by atoms with van der Waals surface area (Å²) in [6, 6.07) is 2.84. The van der Waals surface area contributed by atoms with Crippen molar-refractivity contribution in [3.05, 3.63) is 37.4 Å². The van der Waals surface area contributed by atoms with Gasteiger partial charge in [0.1, 0.15) is 6.04 Å². The summed E-state index contributed by atoms with van der Waals surface area (Å²) in [6.07, 6.45) is 0.229. The molecule has 102 valence electrons. The van der Waals surface area contributed by atoms with Crippen LogP contribution in [0.1, 0.15) is 23.7 Å². The molecular formula is C11H11IN2O5. The lowest BCUT2D eigenvalue weighted by molar-refractivity contribution is -0.384. The smallest absolute Gasteiger partial charge is 0.326 e. The third-order valence-electron chi connectivity index (χ3n) is 2.42. The molecule has 0 aliphatic rings. The van der Waals surface area contributed by atoms with Crippen LogP contribution in [0.2, 0.25) is 0 Å². The number of nitro groups is 1. The number of nitrogens with zero attached hydrogens (tertiary/aromatic N) is 1. The SMILES string of the molecule is CC[C@@H](NC(=O)c1cc([N+](=O)[O-])ccc1I)C(=O)O. The van der Waals surface area contributed by atoms with Gasteiger partial charge in [-0.05, 0) is 35.1 Å². The van der Waals surface area contributed by atoms with Gasteiger partial charge in [0.15, 0.2) is 0 Å². The number of aliphatic carboxylic acids is 1. The van der Waals surface area contributed by atoms with Gasteiger partial charge < -0.3 is 10.4 Å². The van der Waals surface area contributed by atoms with Crippen LogP contribution in [-0.2, 0) is 4.79 Å². The van der Waals surface area contributed by atoms with E-state index in [9.17, 15) is 19.7 Å². The first-order chi connectivity index (χ1) is 8.86. The number of carboxylic acids is 1. The van der Waals surface area contributed by atoms with Crippen molar-refractivity contribution in [2.24, 2.45) is 0 Å². The van der Waals surface area contributed by atoms with E-state index in [1.165, 1.54) is 12.1 Å². The molecule has 0 saturated heterocycles. The van der Waals surface area contributed by atoms with E-state index in [1.54, 1.807) is 6.92 Å². The Kier molecular flexibility index (Phi) is 5.21. The summed E-state index contributed by atoms with van der Waals surface area (Å²) in [6.45, 7) is 1.62. The molecule has 0 radical (unpaired) electrons. The molecule has 1 rings (SSSR count). The number of carboxylic acid groups (broad SMARTS) is 1. The summed E-state index contributed by atoms with van der Waals surface area (Å²) in [4.78, 5) is 32.8. The van der Waals surface area contributed by atoms with Crippen molar-refractivity contribution in [3.8, 4) is 0 Å². The Hall–Kier alpha value is -1.71. The van der Waals surface area contributed by atoms with Crippen molar-refractivity contribution in [1.82, 2.24) is 5.32 Å². The molecule has 1 aromatic rings. The number of hydrogen-bond donors (Lipinski definition) is 2. The number of halogens is 1. The molecule has 0 aromatic heterocycles. The first-order valence-electron chi connectivity index (χ1n) is 5.34. The zero-order valence-corrected chi connectivity index (χ0v) is 12.1. The normalized spacial score (nSPS) is 11.7. The number of hydrogen-bond acceptors (Lipinski definition) is 4. The molecule has 0 unspecified atom stereocenters. The third-order valence-corrected chi connectivity index (χ3v) is 3.36. The zero-order chi connectivity index (χ0) is 14.6. The summed E-state index contributed by atoms with van der Waals surface area (Å²) in [5.74, 6) is -1.78. The second kappa shape index (κ2) is 6.45.